The highest BCUT2D eigenvalue weighted by Crippen LogP contribution is 2.21. The summed E-state index contributed by atoms with van der Waals surface area (Å²) in [6.45, 7) is 3.95. The number of anilines is 1. The molecule has 1 heterocycles. The number of amides is 3. The van der Waals surface area contributed by atoms with Crippen molar-refractivity contribution in [1.82, 2.24) is 16.0 Å². The van der Waals surface area contributed by atoms with Gasteiger partial charge in [-0.25, -0.2) is 4.79 Å². The number of hydrogen-bond donors (Lipinski definition) is 7. The first-order valence-corrected chi connectivity index (χ1v) is 13.9. The number of nitrogens with two attached hydrogens (primary N) is 2. The van der Waals surface area contributed by atoms with Crippen molar-refractivity contribution in [2.45, 2.75) is 45.7 Å². The maximum absolute atomic E-state index is 13.1. The third-order valence-corrected chi connectivity index (χ3v) is 5.96. The van der Waals surface area contributed by atoms with E-state index in [0.29, 0.717) is 30.8 Å². The molecule has 0 spiro atoms. The third-order valence-electron chi connectivity index (χ3n) is 5.96. The van der Waals surface area contributed by atoms with Crippen LogP contribution in [-0.2, 0) is 25.7 Å². The van der Waals surface area contributed by atoms with Crippen LogP contribution in [-0.4, -0.2) is 60.4 Å². The molecule has 236 valence electrons. The Balaban J connectivity index is 0.00000159. The van der Waals surface area contributed by atoms with E-state index in [0.717, 1.165) is 23.4 Å². The Labute approximate surface area is 254 Å². The van der Waals surface area contributed by atoms with Crippen molar-refractivity contribution < 1.29 is 28.7 Å². The van der Waals surface area contributed by atoms with E-state index in [2.05, 4.69) is 26.3 Å². The van der Waals surface area contributed by atoms with Crippen LogP contribution < -0.4 is 38.4 Å². The smallest absolute Gasteiger partial charge is 0.336 e. The Morgan fingerprint density at radius 3 is 2.41 bits per heavy atom. The van der Waals surface area contributed by atoms with Gasteiger partial charge in [0.25, 0.3) is 5.97 Å². The number of benzene rings is 2. The van der Waals surface area contributed by atoms with Gasteiger partial charge in [0.05, 0.1) is 6.54 Å². The molecule has 0 saturated heterocycles. The predicted octanol–water partition coefficient (Wildman–Crippen LogP) is 0.965. The Morgan fingerprint density at radius 1 is 1.02 bits per heavy atom. The molecule has 0 unspecified atom stereocenters. The fourth-order valence-corrected chi connectivity index (χ4v) is 3.95. The second kappa shape index (κ2) is 18.3. The van der Waals surface area contributed by atoms with Gasteiger partial charge in [-0.15, -0.1) is 0 Å². The summed E-state index contributed by atoms with van der Waals surface area (Å²) in [4.78, 5) is 62.5. The van der Waals surface area contributed by atoms with E-state index >= 15 is 0 Å². The van der Waals surface area contributed by atoms with Crippen LogP contribution >= 0.6 is 0 Å². The summed E-state index contributed by atoms with van der Waals surface area (Å²) in [5.41, 5.74) is 12.8. The number of aryl methyl sites for hydroxylation is 1. The number of guanidine groups is 1. The highest BCUT2D eigenvalue weighted by Gasteiger charge is 2.21. The zero-order valence-electron chi connectivity index (χ0n) is 24.7. The predicted molar refractivity (Wildman–Crippen MR) is 167 cm³/mol. The molecular weight excluding hydrogens is 570 g/mol. The number of carbonyl (C=O) groups excluding carboxylic acids is 3. The fraction of sp³-hybridized carbons (Fsp3) is 0.333. The maximum Gasteiger partial charge on any atom is 0.336 e. The molecule has 3 rings (SSSR count). The van der Waals surface area contributed by atoms with E-state index in [4.69, 9.17) is 25.8 Å². The quantitative estimate of drug-likeness (QED) is 0.0592. The van der Waals surface area contributed by atoms with Gasteiger partial charge in [0.1, 0.15) is 11.6 Å². The van der Waals surface area contributed by atoms with Gasteiger partial charge in [0.2, 0.25) is 17.7 Å². The van der Waals surface area contributed by atoms with Crippen LogP contribution in [0.2, 0.25) is 0 Å². The summed E-state index contributed by atoms with van der Waals surface area (Å²) >= 11 is 0. The first-order chi connectivity index (χ1) is 20.9. The highest BCUT2D eigenvalue weighted by atomic mass is 16.4. The van der Waals surface area contributed by atoms with Gasteiger partial charge >= 0.3 is 5.63 Å². The second-order valence-electron chi connectivity index (χ2n) is 9.73. The van der Waals surface area contributed by atoms with E-state index in [-0.39, 0.29) is 37.8 Å². The normalized spacial score (nSPS) is 11.0. The van der Waals surface area contributed by atoms with Gasteiger partial charge in [-0.05, 0) is 43.0 Å². The van der Waals surface area contributed by atoms with Crippen LogP contribution in [0.1, 0.15) is 37.3 Å². The number of nitrogens with one attached hydrogen (secondary N) is 4. The molecule has 0 bridgehead atoms. The first kappa shape index (κ1) is 35.0. The molecule has 14 heteroatoms. The molecule has 3 aromatic rings. The summed E-state index contributed by atoms with van der Waals surface area (Å²) < 4.78 is 5.24. The van der Waals surface area contributed by atoms with E-state index in [1.165, 1.54) is 6.07 Å². The molecule has 0 radical (unpaired) electrons. The highest BCUT2D eigenvalue weighted by molar-refractivity contribution is 5.99. The SMILES string of the molecule is CC(=O)O.Cc1cc(=O)oc2cc(NC(=O)[C@H](CCCN=C(N)N)NC(=O)CNC(=O)CCNCc3ccccc3)ccc12. The molecule has 2 aromatic carbocycles. The lowest BCUT2D eigenvalue weighted by Crippen LogP contribution is -2.47. The summed E-state index contributed by atoms with van der Waals surface area (Å²) in [5.74, 6) is -2.20. The molecule has 0 aliphatic rings. The fourth-order valence-electron chi connectivity index (χ4n) is 3.95. The van der Waals surface area contributed by atoms with Crippen LogP contribution in [0.4, 0.5) is 5.69 Å². The molecule has 1 aromatic heterocycles. The first-order valence-electron chi connectivity index (χ1n) is 13.9. The Hall–Kier alpha value is -5.24. The lowest BCUT2D eigenvalue weighted by molar-refractivity contribution is -0.134. The summed E-state index contributed by atoms with van der Waals surface area (Å²) in [6.07, 6.45) is 0.856. The van der Waals surface area contributed by atoms with E-state index < -0.39 is 29.5 Å². The van der Waals surface area contributed by atoms with Crippen LogP contribution in [0.3, 0.4) is 0 Å². The number of aliphatic carboxylic acids is 1. The minimum Gasteiger partial charge on any atom is -0.481 e. The molecule has 3 amide bonds. The molecule has 0 saturated carbocycles. The van der Waals surface area contributed by atoms with Gasteiger partial charge in [-0.1, -0.05) is 30.3 Å². The lowest BCUT2D eigenvalue weighted by Gasteiger charge is -2.19. The van der Waals surface area contributed by atoms with Crippen molar-refractivity contribution in [3.8, 4) is 0 Å². The van der Waals surface area contributed by atoms with Crippen LogP contribution in [0.25, 0.3) is 11.0 Å². The van der Waals surface area contributed by atoms with Crippen molar-refractivity contribution in [3.63, 3.8) is 0 Å². The summed E-state index contributed by atoms with van der Waals surface area (Å²) in [6, 6.07) is 15.2. The maximum atomic E-state index is 13.1. The van der Waals surface area contributed by atoms with Crippen molar-refractivity contribution in [3.05, 3.63) is 76.1 Å². The van der Waals surface area contributed by atoms with Gasteiger partial charge in [0, 0.05) is 56.2 Å². The standard InChI is InChI=1S/C28H35N7O5.C2H4O2/c1-18-14-26(38)40-23-15-20(9-10-21(18)23)34-27(39)22(8-5-12-32-28(29)30)35-25(37)17-33-24(36)11-13-31-16-19-6-3-2-4-7-19;1-2(3)4/h2-4,6-7,9-10,14-15,22,31H,5,8,11-13,16-17H2,1H3,(H,33,36)(H,34,39)(H,35,37)(H4,29,30,32);1H3,(H,3,4)/t22-;/m0./s1. The third kappa shape index (κ3) is 13.6. The number of carbonyl (C=O) groups is 4. The largest absolute Gasteiger partial charge is 0.481 e. The number of nitrogens with zero attached hydrogens (tertiary/aromatic N) is 1. The van der Waals surface area contributed by atoms with Crippen LogP contribution in [0.5, 0.6) is 0 Å². The molecular formula is C30H39N7O7. The zero-order valence-corrected chi connectivity index (χ0v) is 24.7. The van der Waals surface area contributed by atoms with Gasteiger partial charge in [-0.2, -0.15) is 0 Å². The minimum absolute atomic E-state index is 0.0704. The van der Waals surface area contributed by atoms with Crippen molar-refractivity contribution in [2.24, 2.45) is 16.5 Å². The van der Waals surface area contributed by atoms with Crippen LogP contribution in [0.15, 0.2) is 68.8 Å². The molecule has 9 N–H and O–H groups in total. The van der Waals surface area contributed by atoms with Crippen molar-refractivity contribution >= 4 is 46.3 Å². The summed E-state index contributed by atoms with van der Waals surface area (Å²) in [7, 11) is 0. The Kier molecular flexibility index (Phi) is 14.6. The number of aliphatic imine (C=N–C) groups is 1. The molecule has 1 atom stereocenters. The van der Waals surface area contributed by atoms with E-state index in [9.17, 15) is 19.2 Å². The molecule has 0 aliphatic heterocycles. The monoisotopic (exact) mass is 609 g/mol. The topological polar surface area (TPSA) is 231 Å². The van der Waals surface area contributed by atoms with Gasteiger partial charge in [-0.3, -0.25) is 24.2 Å². The number of fused-ring (bicyclic) bond motifs is 1. The number of carboxylic acids is 1. The second-order valence-corrected chi connectivity index (χ2v) is 9.73. The number of hydrogen-bond acceptors (Lipinski definition) is 8. The van der Waals surface area contributed by atoms with Gasteiger partial charge in [0.15, 0.2) is 5.96 Å². The molecule has 0 aliphatic carbocycles. The molecule has 44 heavy (non-hydrogen) atoms. The number of carboxylic acid groups (broad SMARTS) is 1. The van der Waals surface area contributed by atoms with Crippen LogP contribution in [0, 0.1) is 6.92 Å². The van der Waals surface area contributed by atoms with E-state index in [1.54, 1.807) is 25.1 Å². The van der Waals surface area contributed by atoms with Gasteiger partial charge < -0.3 is 42.3 Å². The molecule has 0 fully saturated rings. The Morgan fingerprint density at radius 2 is 1.73 bits per heavy atom. The Bertz CT molecular complexity index is 1500. The number of rotatable bonds is 14. The van der Waals surface area contributed by atoms with Crippen molar-refractivity contribution in [1.29, 1.82) is 0 Å². The average molecular weight is 610 g/mol. The summed E-state index contributed by atoms with van der Waals surface area (Å²) in [5, 5.41) is 19.3. The van der Waals surface area contributed by atoms with E-state index in [1.807, 2.05) is 30.3 Å². The lowest BCUT2D eigenvalue weighted by atomic mass is 10.1. The molecule has 14 nitrogen and oxygen atoms in total. The van der Waals surface area contributed by atoms with Crippen molar-refractivity contribution in [2.75, 3.05) is 25.0 Å². The zero-order chi connectivity index (χ0) is 32.5. The average Bonchev–Trinajstić information content (AvgIpc) is 2.95. The minimum atomic E-state index is -0.925.